The number of nitrogens with zero attached hydrogens (tertiary/aromatic N) is 4. The maximum Gasteiger partial charge on any atom is 0.308 e. The van der Waals surface area contributed by atoms with E-state index in [9.17, 15) is 0 Å². The third-order valence-electron chi connectivity index (χ3n) is 4.61. The van der Waals surface area contributed by atoms with Crippen molar-refractivity contribution < 1.29 is 4.57 Å². The minimum absolute atomic E-state index is 0.804. The number of rotatable bonds is 3. The van der Waals surface area contributed by atoms with E-state index in [1.54, 1.807) is 6.08 Å². The molecule has 0 amide bonds. The lowest BCUT2D eigenvalue weighted by molar-refractivity contribution is -0.658. The van der Waals surface area contributed by atoms with Crippen molar-refractivity contribution in [1.29, 1.82) is 0 Å². The quantitative estimate of drug-likeness (QED) is 0.535. The van der Waals surface area contributed by atoms with Gasteiger partial charge in [-0.05, 0) is 30.7 Å². The molecule has 0 atom stereocenters. The molecule has 0 fully saturated rings. The Kier molecular flexibility index (Phi) is 3.73. The van der Waals surface area contributed by atoms with Crippen LogP contribution in [-0.4, -0.2) is 9.55 Å². The zero-order chi connectivity index (χ0) is 17.4. The van der Waals surface area contributed by atoms with Gasteiger partial charge in [0.05, 0.1) is 30.8 Å². The molecule has 4 rings (SSSR count). The Balaban J connectivity index is 1.97. The highest BCUT2D eigenvalue weighted by atomic mass is 15.4. The van der Waals surface area contributed by atoms with Crippen molar-refractivity contribution in [3.05, 3.63) is 84.7 Å². The third kappa shape index (κ3) is 2.47. The van der Waals surface area contributed by atoms with Gasteiger partial charge in [0, 0.05) is 6.07 Å². The van der Waals surface area contributed by atoms with Gasteiger partial charge in [-0.25, -0.2) is 4.57 Å². The van der Waals surface area contributed by atoms with Gasteiger partial charge in [-0.2, -0.15) is 9.88 Å². The van der Waals surface area contributed by atoms with Gasteiger partial charge in [-0.1, -0.05) is 43.0 Å². The number of imidazole rings is 1. The molecule has 1 aliphatic rings. The molecule has 1 aromatic carbocycles. The topological polar surface area (TPSA) is 24.9 Å². The van der Waals surface area contributed by atoms with Gasteiger partial charge in [0.2, 0.25) is 0 Å². The van der Waals surface area contributed by atoms with Crippen LogP contribution in [0.15, 0.2) is 84.7 Å². The van der Waals surface area contributed by atoms with Gasteiger partial charge in [0.15, 0.2) is 0 Å². The predicted octanol–water partition coefficient (Wildman–Crippen LogP) is 4.03. The van der Waals surface area contributed by atoms with E-state index in [2.05, 4.69) is 77.2 Å². The molecule has 4 nitrogen and oxygen atoms in total. The monoisotopic (exact) mass is 329 g/mol. The number of benzene rings is 1. The fourth-order valence-corrected chi connectivity index (χ4v) is 3.33. The summed E-state index contributed by atoms with van der Waals surface area (Å²) in [6.07, 6.45) is 7.95. The molecular weight excluding hydrogens is 308 g/mol. The summed E-state index contributed by atoms with van der Waals surface area (Å²) in [4.78, 5) is 7.15. The van der Waals surface area contributed by atoms with Crippen molar-refractivity contribution in [2.24, 2.45) is 7.05 Å². The Bertz CT molecular complexity index is 1020. The number of aryl methyl sites for hydroxylation is 1. The van der Waals surface area contributed by atoms with Crippen molar-refractivity contribution in [3.63, 3.8) is 0 Å². The van der Waals surface area contributed by atoms with Crippen LogP contribution >= 0.6 is 0 Å². The number of anilines is 2. The molecule has 0 bridgehead atoms. The third-order valence-corrected chi connectivity index (χ3v) is 4.61. The Morgan fingerprint density at radius 3 is 2.80 bits per heavy atom. The molecule has 0 aliphatic carbocycles. The van der Waals surface area contributed by atoms with E-state index in [0.717, 1.165) is 29.3 Å². The molecule has 3 heterocycles. The van der Waals surface area contributed by atoms with Crippen molar-refractivity contribution in [3.8, 4) is 0 Å². The van der Waals surface area contributed by atoms with Crippen molar-refractivity contribution in [1.82, 2.24) is 9.55 Å². The molecule has 0 radical (unpaired) electrons. The molecule has 4 heteroatoms. The first kappa shape index (κ1) is 15.4. The second-order valence-electron chi connectivity index (χ2n) is 6.22. The summed E-state index contributed by atoms with van der Waals surface area (Å²) in [5.41, 5.74) is 4.63. The average molecular weight is 329 g/mol. The van der Waals surface area contributed by atoms with E-state index in [1.165, 1.54) is 11.3 Å². The molecule has 3 aromatic rings. The number of pyridine rings is 1. The average Bonchev–Trinajstić information content (AvgIpc) is 3.16. The van der Waals surface area contributed by atoms with Crippen LogP contribution in [0.4, 0.5) is 11.8 Å². The summed E-state index contributed by atoms with van der Waals surface area (Å²) in [5, 5.41) is 0. The van der Waals surface area contributed by atoms with Gasteiger partial charge < -0.3 is 0 Å². The summed E-state index contributed by atoms with van der Waals surface area (Å²) >= 11 is 0. The maximum absolute atomic E-state index is 4.90. The first-order valence-corrected chi connectivity index (χ1v) is 8.39. The van der Waals surface area contributed by atoms with E-state index >= 15 is 0 Å². The van der Waals surface area contributed by atoms with Crippen LogP contribution in [0.25, 0.3) is 11.0 Å². The van der Waals surface area contributed by atoms with Crippen molar-refractivity contribution >= 4 is 22.8 Å². The van der Waals surface area contributed by atoms with Gasteiger partial charge in [-0.15, -0.1) is 0 Å². The second-order valence-corrected chi connectivity index (χ2v) is 6.22. The fourth-order valence-electron chi connectivity index (χ4n) is 3.33. The Hall–Kier alpha value is -3.14. The Labute approximate surface area is 147 Å². The zero-order valence-corrected chi connectivity index (χ0v) is 14.6. The van der Waals surface area contributed by atoms with E-state index < -0.39 is 0 Å². The van der Waals surface area contributed by atoms with Crippen LogP contribution in [0.5, 0.6) is 0 Å². The van der Waals surface area contributed by atoms with E-state index in [4.69, 9.17) is 4.98 Å². The minimum atomic E-state index is 0.804. The summed E-state index contributed by atoms with van der Waals surface area (Å²) in [7, 11) is 2.06. The van der Waals surface area contributed by atoms with E-state index in [1.807, 2.05) is 18.2 Å². The first-order chi connectivity index (χ1) is 12.2. The number of fused-ring (bicyclic) bond motifs is 3. The van der Waals surface area contributed by atoms with E-state index in [0.29, 0.717) is 0 Å². The van der Waals surface area contributed by atoms with Crippen LogP contribution in [0.1, 0.15) is 6.92 Å². The van der Waals surface area contributed by atoms with Gasteiger partial charge in [0.25, 0.3) is 5.82 Å². The van der Waals surface area contributed by atoms with Crippen LogP contribution < -0.4 is 9.47 Å². The Morgan fingerprint density at radius 2 is 2.00 bits per heavy atom. The Morgan fingerprint density at radius 1 is 1.20 bits per heavy atom. The molecule has 0 unspecified atom stereocenters. The minimum Gasteiger partial charge on any atom is -0.282 e. The van der Waals surface area contributed by atoms with Gasteiger partial charge in [0.1, 0.15) is 5.70 Å². The van der Waals surface area contributed by atoms with Crippen molar-refractivity contribution in [2.75, 3.05) is 4.90 Å². The lowest BCUT2D eigenvalue weighted by Crippen LogP contribution is -2.35. The highest BCUT2D eigenvalue weighted by Crippen LogP contribution is 2.38. The summed E-state index contributed by atoms with van der Waals surface area (Å²) in [5.74, 6) is 2.06. The normalized spacial score (nSPS) is 15.8. The van der Waals surface area contributed by atoms with Gasteiger partial charge >= 0.3 is 5.95 Å². The molecule has 0 saturated heterocycles. The zero-order valence-electron chi connectivity index (χ0n) is 14.6. The summed E-state index contributed by atoms with van der Waals surface area (Å²) < 4.78 is 4.41. The maximum atomic E-state index is 4.90. The standard InChI is InChI=1S/C21H21N4/c1-4-5-10-16(2)19-15-24-18-12-7-6-11-17(18)22-21(24)25(19)20-13-8-9-14-23(20)3/h4-14H,1,15H2,2-3H3/q+1/b10-5-,19-16+. The predicted molar refractivity (Wildman–Crippen MR) is 102 cm³/mol. The highest BCUT2D eigenvalue weighted by molar-refractivity contribution is 5.82. The van der Waals surface area contributed by atoms with E-state index in [-0.39, 0.29) is 0 Å². The first-order valence-electron chi connectivity index (χ1n) is 8.39. The molecule has 25 heavy (non-hydrogen) atoms. The number of hydrogen-bond acceptors (Lipinski definition) is 2. The molecule has 124 valence electrons. The van der Waals surface area contributed by atoms with Gasteiger partial charge in [-0.3, -0.25) is 4.57 Å². The van der Waals surface area contributed by atoms with Crippen LogP contribution in [0.2, 0.25) is 0 Å². The molecule has 0 saturated carbocycles. The number of para-hydroxylation sites is 2. The van der Waals surface area contributed by atoms with Crippen LogP contribution in [-0.2, 0) is 13.6 Å². The van der Waals surface area contributed by atoms with Crippen molar-refractivity contribution in [2.45, 2.75) is 13.5 Å². The largest absolute Gasteiger partial charge is 0.308 e. The van der Waals surface area contributed by atoms with Crippen LogP contribution in [0, 0.1) is 0 Å². The lowest BCUT2D eigenvalue weighted by atomic mass is 10.2. The SMILES string of the molecule is C=C/C=C\C(C)=C1/Cn2c(nc3ccccc32)N1c1cccc[n+]1C. The highest BCUT2D eigenvalue weighted by Gasteiger charge is 2.38. The molecular formula is C21H21N4+. The number of aromatic nitrogens is 3. The molecule has 1 aliphatic heterocycles. The number of hydrogen-bond donors (Lipinski definition) is 0. The summed E-state index contributed by atoms with van der Waals surface area (Å²) in [6, 6.07) is 14.5. The number of allylic oxidation sites excluding steroid dienone is 5. The molecule has 0 spiro atoms. The lowest BCUT2D eigenvalue weighted by Gasteiger charge is -2.13. The second kappa shape index (κ2) is 6.06. The molecule has 2 aromatic heterocycles. The smallest absolute Gasteiger partial charge is 0.282 e. The fraction of sp³-hybridized carbons (Fsp3) is 0.143. The summed E-state index contributed by atoms with van der Waals surface area (Å²) in [6.45, 7) is 6.72. The van der Waals surface area contributed by atoms with Crippen LogP contribution in [0.3, 0.4) is 0 Å². The molecule has 0 N–H and O–H groups in total.